The molecule has 0 saturated heterocycles. The van der Waals surface area contributed by atoms with Crippen molar-refractivity contribution in [2.75, 3.05) is 0 Å². The average Bonchev–Trinajstić information content (AvgIpc) is 3.06. The first-order valence-corrected chi connectivity index (χ1v) is 31.5. The number of pyridine rings is 2. The van der Waals surface area contributed by atoms with Crippen LogP contribution in [0.15, 0.2) is 303 Å². The number of rotatable bonds is 9. The summed E-state index contributed by atoms with van der Waals surface area (Å²) in [5.74, 6) is 0. The Morgan fingerprint density at radius 2 is 0.670 bits per heavy atom. The second-order valence-corrected chi connectivity index (χ2v) is 24.8. The Bertz CT molecular complexity index is 5810. The quantitative estimate of drug-likeness (QED) is 0.144. The van der Waals surface area contributed by atoms with Gasteiger partial charge < -0.3 is 9.13 Å². The first kappa shape index (κ1) is 50.3. The van der Waals surface area contributed by atoms with Gasteiger partial charge in [0.25, 0.3) is 0 Å². The minimum Gasteiger partial charge on any atom is -0.309 e. The summed E-state index contributed by atoms with van der Waals surface area (Å²) in [5.41, 5.74) is 21.7. The first-order chi connectivity index (χ1) is 43.6. The van der Waals surface area contributed by atoms with Gasteiger partial charge in [0, 0.05) is 101 Å². The molecule has 18 rings (SSSR count). The molecule has 0 aliphatic heterocycles. The molecule has 12 aromatic carbocycles. The van der Waals surface area contributed by atoms with E-state index in [-0.39, 0.29) is 0 Å². The molecule has 0 aliphatic carbocycles. The molecule has 6 heteroatoms. The third-order valence-electron chi connectivity index (χ3n) is 17.7. The van der Waals surface area contributed by atoms with Crippen LogP contribution in [-0.2, 0) is 0 Å². The summed E-state index contributed by atoms with van der Waals surface area (Å²) >= 11 is 3.71. The van der Waals surface area contributed by atoms with E-state index in [9.17, 15) is 0 Å². The Labute approximate surface area is 515 Å². The van der Waals surface area contributed by atoms with Gasteiger partial charge in [-0.2, -0.15) is 0 Å². The van der Waals surface area contributed by atoms with Gasteiger partial charge in [0.2, 0.25) is 0 Å². The monoisotopic (exact) mass is 1150 g/mol. The lowest BCUT2D eigenvalue weighted by Gasteiger charge is -2.16. The number of hydrogen-bond donors (Lipinski definition) is 0. The number of benzene rings is 12. The fourth-order valence-corrected chi connectivity index (χ4v) is 16.3. The molecule has 0 amide bonds. The molecule has 6 heterocycles. The number of aromatic nitrogens is 4. The smallest absolute Gasteiger partial charge is 0.0737 e. The van der Waals surface area contributed by atoms with Crippen molar-refractivity contribution in [2.24, 2.45) is 0 Å². The Hall–Kier alpha value is -11.0. The minimum absolute atomic E-state index is 0.911. The van der Waals surface area contributed by atoms with Crippen molar-refractivity contribution in [3.8, 4) is 89.8 Å². The number of fused-ring (bicyclic) bond motifs is 12. The van der Waals surface area contributed by atoms with Gasteiger partial charge in [-0.3, -0.25) is 0 Å². The third kappa shape index (κ3) is 8.04. The highest BCUT2D eigenvalue weighted by atomic mass is 32.1. The number of nitrogens with zero attached hydrogens (tertiary/aromatic N) is 4. The van der Waals surface area contributed by atoms with Crippen LogP contribution in [-0.4, -0.2) is 19.1 Å². The SMILES string of the molecule is c1ccc(-c2cc(-c3ccc(-c4cccc(-c5cc(-c6cccc7c8ccccc8n(-c8ccccc8)c67)cc(-c6cccc7c6sc6ccccc67)n5)c4)c4c3sc3ccccc34)cc(-c3cccc4c5ccccc5n(-c5ccccc5)c34)n2)cc1. The van der Waals surface area contributed by atoms with E-state index >= 15 is 0 Å². The Morgan fingerprint density at radius 1 is 0.239 bits per heavy atom. The van der Waals surface area contributed by atoms with Gasteiger partial charge in [-0.25, -0.2) is 9.97 Å². The van der Waals surface area contributed by atoms with Gasteiger partial charge in [-0.15, -0.1) is 22.7 Å². The summed E-state index contributed by atoms with van der Waals surface area (Å²) in [7, 11) is 0. The van der Waals surface area contributed by atoms with Gasteiger partial charge in [0.1, 0.15) is 0 Å². The van der Waals surface area contributed by atoms with E-state index in [1.807, 2.05) is 22.7 Å². The van der Waals surface area contributed by atoms with Crippen LogP contribution in [0.1, 0.15) is 0 Å². The van der Waals surface area contributed by atoms with Crippen LogP contribution in [0.3, 0.4) is 0 Å². The maximum atomic E-state index is 5.73. The van der Waals surface area contributed by atoms with Crippen molar-refractivity contribution in [1.82, 2.24) is 19.1 Å². The maximum Gasteiger partial charge on any atom is 0.0737 e. The summed E-state index contributed by atoms with van der Waals surface area (Å²) in [6, 6.07) is 111. The van der Waals surface area contributed by atoms with E-state index in [1.165, 1.54) is 84.0 Å². The highest BCUT2D eigenvalue weighted by molar-refractivity contribution is 7.26. The van der Waals surface area contributed by atoms with Gasteiger partial charge >= 0.3 is 0 Å². The van der Waals surface area contributed by atoms with Gasteiger partial charge in [-0.05, 0) is 107 Å². The topological polar surface area (TPSA) is 35.6 Å². The molecule has 88 heavy (non-hydrogen) atoms. The van der Waals surface area contributed by atoms with Gasteiger partial charge in [0.05, 0.1) is 44.8 Å². The lowest BCUT2D eigenvalue weighted by molar-refractivity contribution is 1.18. The predicted molar refractivity (Wildman–Crippen MR) is 375 cm³/mol. The molecule has 0 unspecified atom stereocenters. The van der Waals surface area contributed by atoms with Crippen LogP contribution >= 0.6 is 22.7 Å². The highest BCUT2D eigenvalue weighted by Gasteiger charge is 2.24. The van der Waals surface area contributed by atoms with E-state index in [1.54, 1.807) is 0 Å². The molecule has 0 saturated carbocycles. The second kappa shape index (κ2) is 20.3. The van der Waals surface area contributed by atoms with Crippen LogP contribution in [0.4, 0.5) is 0 Å². The third-order valence-corrected chi connectivity index (χ3v) is 20.1. The van der Waals surface area contributed by atoms with Crippen molar-refractivity contribution in [3.05, 3.63) is 303 Å². The predicted octanol–water partition coefficient (Wildman–Crippen LogP) is 23.1. The highest BCUT2D eigenvalue weighted by Crippen LogP contribution is 2.49. The number of thiophene rings is 2. The first-order valence-electron chi connectivity index (χ1n) is 29.9. The lowest BCUT2D eigenvalue weighted by atomic mass is 9.92. The van der Waals surface area contributed by atoms with Crippen molar-refractivity contribution in [2.45, 2.75) is 0 Å². The minimum atomic E-state index is 0.911. The largest absolute Gasteiger partial charge is 0.309 e. The van der Waals surface area contributed by atoms with Crippen molar-refractivity contribution < 1.29 is 0 Å². The average molecular weight is 1160 g/mol. The summed E-state index contributed by atoms with van der Waals surface area (Å²) in [6.45, 7) is 0. The molecule has 6 aromatic heterocycles. The molecular formula is C82H50N4S2. The molecule has 18 aromatic rings. The fraction of sp³-hybridized carbons (Fsp3) is 0. The van der Waals surface area contributed by atoms with Crippen LogP contribution in [0.5, 0.6) is 0 Å². The second-order valence-electron chi connectivity index (χ2n) is 22.7. The lowest BCUT2D eigenvalue weighted by Crippen LogP contribution is -1.97. The molecule has 410 valence electrons. The van der Waals surface area contributed by atoms with Crippen molar-refractivity contribution in [3.63, 3.8) is 0 Å². The number of hydrogen-bond acceptors (Lipinski definition) is 4. The normalized spacial score (nSPS) is 11.9. The van der Waals surface area contributed by atoms with Crippen LogP contribution in [0, 0.1) is 0 Å². The summed E-state index contributed by atoms with van der Waals surface area (Å²) < 4.78 is 9.83. The van der Waals surface area contributed by atoms with E-state index in [0.717, 1.165) is 89.7 Å². The molecular weight excluding hydrogens is 1110 g/mol. The van der Waals surface area contributed by atoms with Crippen molar-refractivity contribution in [1.29, 1.82) is 0 Å². The van der Waals surface area contributed by atoms with Gasteiger partial charge in [-0.1, -0.05) is 224 Å². The molecule has 4 nitrogen and oxygen atoms in total. The molecule has 0 radical (unpaired) electrons. The van der Waals surface area contributed by atoms with E-state index in [2.05, 4.69) is 312 Å². The van der Waals surface area contributed by atoms with Crippen LogP contribution in [0.25, 0.3) is 174 Å². The molecule has 0 aliphatic rings. The zero-order valence-electron chi connectivity index (χ0n) is 47.5. The zero-order chi connectivity index (χ0) is 57.8. The molecule has 0 atom stereocenters. The van der Waals surface area contributed by atoms with Crippen LogP contribution < -0.4 is 0 Å². The number of para-hydroxylation sites is 6. The zero-order valence-corrected chi connectivity index (χ0v) is 49.1. The molecule has 0 bridgehead atoms. The van der Waals surface area contributed by atoms with E-state index < -0.39 is 0 Å². The summed E-state index contributed by atoms with van der Waals surface area (Å²) in [4.78, 5) is 11.3. The van der Waals surface area contributed by atoms with Gasteiger partial charge in [0.15, 0.2) is 0 Å². The summed E-state index contributed by atoms with van der Waals surface area (Å²) in [5, 5.41) is 9.83. The Morgan fingerprint density at radius 3 is 1.34 bits per heavy atom. The molecule has 0 spiro atoms. The Kier molecular flexibility index (Phi) is 11.6. The Balaban J connectivity index is 0.840. The van der Waals surface area contributed by atoms with E-state index in [0.29, 0.717) is 0 Å². The van der Waals surface area contributed by atoms with Crippen LogP contribution in [0.2, 0.25) is 0 Å². The maximum absolute atomic E-state index is 5.73. The standard InChI is InChI=1S/C82H50N4S2/c1-4-22-51(23-5-1)70-48-55(50-72(83-70)67-38-20-36-65-62-31-11-15-41-75(62)86(80(65)67)57-28-8-3-9-29-57)60-45-44-58(78-69-33-13-17-43-77(69)88-82(60)78)52-24-18-25-53(46-52)71-47-54(49-73(84-71)68-39-21-37-66-63-32-12-16-42-76(63)87-81(66)68)59-34-19-35-64-61-30-10-14-40-74(61)85(79(59)64)56-26-6-2-7-27-56/h1-50H. The van der Waals surface area contributed by atoms with E-state index in [4.69, 9.17) is 9.97 Å². The van der Waals surface area contributed by atoms with Crippen molar-refractivity contribution >= 4 is 107 Å². The molecule has 0 N–H and O–H groups in total. The summed E-state index contributed by atoms with van der Waals surface area (Å²) in [6.07, 6.45) is 0. The fourth-order valence-electron chi connectivity index (χ4n) is 13.8. The molecule has 0 fully saturated rings.